The molecule has 2 aromatic carbocycles. The summed E-state index contributed by atoms with van der Waals surface area (Å²) >= 11 is 7.17. The largest absolute Gasteiger partial charge is 1.00 e. The van der Waals surface area contributed by atoms with Crippen LogP contribution in [0, 0.1) is 13.8 Å². The summed E-state index contributed by atoms with van der Waals surface area (Å²) in [6.07, 6.45) is 11.0. The van der Waals surface area contributed by atoms with Crippen LogP contribution in [0.3, 0.4) is 0 Å². The molecule has 0 unspecified atom stereocenters. The molecule has 54 heavy (non-hydrogen) atoms. The van der Waals surface area contributed by atoms with Crippen molar-refractivity contribution in [3.63, 3.8) is 0 Å². The summed E-state index contributed by atoms with van der Waals surface area (Å²) in [6.45, 7) is 13.2. The summed E-state index contributed by atoms with van der Waals surface area (Å²) < 4.78 is 82.3. The van der Waals surface area contributed by atoms with Gasteiger partial charge in [0.15, 0.2) is 5.71 Å². The molecule has 0 amide bonds. The van der Waals surface area contributed by atoms with Gasteiger partial charge in [-0.25, -0.2) is 16.8 Å². The number of benzene rings is 2. The Labute approximate surface area is 369 Å². The molecule has 1 aliphatic carbocycles. The van der Waals surface area contributed by atoms with Gasteiger partial charge in [-0.1, -0.05) is 37.6 Å². The number of ether oxygens (including phenoxy) is 2. The van der Waals surface area contributed by atoms with Crippen LogP contribution in [0.25, 0.3) is 0 Å². The number of hydrogen-bond acceptors (Lipinski definition) is 9. The van der Waals surface area contributed by atoms with E-state index < -0.39 is 42.6 Å². The van der Waals surface area contributed by atoms with Crippen molar-refractivity contribution in [2.75, 3.05) is 43.7 Å². The number of aryl methyl sites for hydroxylation is 2. The van der Waals surface area contributed by atoms with Crippen molar-refractivity contribution in [2.45, 2.75) is 84.5 Å². The minimum absolute atomic E-state index is 0. The molecule has 0 fully saturated rings. The molecule has 14 heteroatoms. The van der Waals surface area contributed by atoms with Gasteiger partial charge in [0.25, 0.3) is 0 Å². The van der Waals surface area contributed by atoms with Gasteiger partial charge in [0, 0.05) is 63.5 Å². The Morgan fingerprint density at radius 3 is 2.04 bits per heavy atom. The van der Waals surface area contributed by atoms with Crippen LogP contribution in [0.5, 0.6) is 11.5 Å². The summed E-state index contributed by atoms with van der Waals surface area (Å²) in [5, 5.41) is 0.662. The summed E-state index contributed by atoms with van der Waals surface area (Å²) in [5.74, 6) is 0.577. The predicted molar refractivity (Wildman–Crippen MR) is 209 cm³/mol. The van der Waals surface area contributed by atoms with E-state index in [-0.39, 0.29) is 64.2 Å². The number of methoxy groups -OCH3 is 2. The van der Waals surface area contributed by atoms with Crippen LogP contribution < -0.4 is 65.8 Å². The fraction of sp³-hybridized carbons (Fsp3) is 0.475. The number of rotatable bonds is 13. The van der Waals surface area contributed by atoms with E-state index in [0.29, 0.717) is 18.1 Å². The molecule has 0 radical (unpaired) electrons. The van der Waals surface area contributed by atoms with E-state index in [4.69, 9.17) is 21.1 Å². The number of anilines is 1. The third-order valence-electron chi connectivity index (χ3n) is 10.7. The van der Waals surface area contributed by atoms with Crippen LogP contribution in [0.1, 0.15) is 82.1 Å². The molecule has 0 aromatic heterocycles. The van der Waals surface area contributed by atoms with Gasteiger partial charge in [-0.15, -0.1) is 0 Å². The molecule has 0 atom stereocenters. The molecule has 288 valence electrons. The minimum atomic E-state index is -4.36. The zero-order valence-corrected chi connectivity index (χ0v) is 38.3. The molecular weight excluding hydrogens is 775 g/mol. The van der Waals surface area contributed by atoms with Crippen molar-refractivity contribution in [1.82, 2.24) is 0 Å². The second-order valence-corrected chi connectivity index (χ2v) is 18.5. The second kappa shape index (κ2) is 17.4. The monoisotopic (exact) mass is 824 g/mol. The smallest absolute Gasteiger partial charge is 0.748 e. The molecular formula is C40H50ClKN2O8S2. The van der Waals surface area contributed by atoms with Crippen LogP contribution in [0.4, 0.5) is 11.4 Å². The van der Waals surface area contributed by atoms with Crippen molar-refractivity contribution in [3.05, 3.63) is 92.7 Å². The Morgan fingerprint density at radius 2 is 1.43 bits per heavy atom. The van der Waals surface area contributed by atoms with Gasteiger partial charge in [-0.3, -0.25) is 0 Å². The number of nitrogens with zero attached hydrogens (tertiary/aromatic N) is 2. The Hall–Kier alpha value is -1.78. The SMILES string of the molecule is COc1cc(C)c2c(c1)C(C)(C)C(/C=C/C1=C(Cl)C(=C/C=C3\N(CCCS(=O)(=O)[O-])c4c(C)cc(OC)cc4C3(C)C)/CCC1)=[N+]2CCCS(=O)(=O)[O-].[K+]. The van der Waals surface area contributed by atoms with E-state index in [1.807, 2.05) is 38.1 Å². The molecule has 0 N–H and O–H groups in total. The Kier molecular flexibility index (Phi) is 14.5. The van der Waals surface area contributed by atoms with Gasteiger partial charge in [0.05, 0.1) is 39.9 Å². The van der Waals surface area contributed by atoms with E-state index >= 15 is 0 Å². The molecule has 0 saturated carbocycles. The molecule has 5 rings (SSSR count). The van der Waals surface area contributed by atoms with Crippen LogP contribution in [0.15, 0.2) is 70.4 Å². The van der Waals surface area contributed by atoms with E-state index in [0.717, 1.165) is 86.9 Å². The van der Waals surface area contributed by atoms with Crippen LogP contribution >= 0.6 is 11.6 Å². The third kappa shape index (κ3) is 9.66. The fourth-order valence-corrected chi connectivity index (χ4v) is 9.30. The third-order valence-corrected chi connectivity index (χ3v) is 12.7. The molecule has 0 saturated heterocycles. The van der Waals surface area contributed by atoms with Gasteiger partial charge in [-0.2, -0.15) is 4.58 Å². The number of fused-ring (bicyclic) bond motifs is 2. The fourth-order valence-electron chi connectivity index (χ4n) is 8.02. The van der Waals surface area contributed by atoms with Crippen LogP contribution in [-0.4, -0.2) is 75.0 Å². The standard InChI is InChI=1S/C40H51ClN2O8S2.K/c1-26-22-30(50-7)24-32-37(26)42(18-10-20-52(44,45)46)34(39(32,3)4)16-14-28-12-9-13-29(36(28)41)15-17-35-40(5,6)33-25-31(51-8)23-27(2)38(33)43(35)19-11-21-53(47,48)49;/h14-17,22-25H,9-13,18-21H2,1-8H3,(H-,44,45,46,47,48,49);/q;+1/p-1. The van der Waals surface area contributed by atoms with Crippen LogP contribution in [-0.2, 0) is 31.1 Å². The summed E-state index contributed by atoms with van der Waals surface area (Å²) in [4.78, 5) is 2.12. The van der Waals surface area contributed by atoms with E-state index in [1.165, 1.54) is 0 Å². The summed E-state index contributed by atoms with van der Waals surface area (Å²) in [6, 6.07) is 7.95. The van der Waals surface area contributed by atoms with E-state index in [9.17, 15) is 25.9 Å². The van der Waals surface area contributed by atoms with Crippen LogP contribution in [0.2, 0.25) is 0 Å². The number of hydrogen-bond donors (Lipinski definition) is 0. The Balaban J connectivity index is 0.00000650. The molecule has 0 spiro atoms. The van der Waals surface area contributed by atoms with Crippen molar-refractivity contribution in [1.29, 1.82) is 0 Å². The molecule has 0 bridgehead atoms. The maximum atomic E-state index is 11.5. The molecule has 2 heterocycles. The molecule has 10 nitrogen and oxygen atoms in total. The van der Waals surface area contributed by atoms with Crippen molar-refractivity contribution >= 4 is 48.9 Å². The predicted octanol–water partition coefficient (Wildman–Crippen LogP) is 4.41. The van der Waals surface area contributed by atoms with Crippen molar-refractivity contribution in [2.24, 2.45) is 0 Å². The first kappa shape index (κ1) is 44.9. The Bertz CT molecular complexity index is 2190. The zero-order valence-electron chi connectivity index (χ0n) is 32.8. The first-order valence-corrected chi connectivity index (χ1v) is 21.4. The summed E-state index contributed by atoms with van der Waals surface area (Å²) in [7, 11) is -5.46. The van der Waals surface area contributed by atoms with Gasteiger partial charge >= 0.3 is 51.4 Å². The topological polar surface area (TPSA) is 139 Å². The second-order valence-electron chi connectivity index (χ2n) is 15.1. The molecule has 3 aliphatic rings. The average Bonchev–Trinajstić information content (AvgIpc) is 3.41. The molecule has 2 aromatic rings. The maximum absolute atomic E-state index is 11.5. The zero-order chi connectivity index (χ0) is 39.1. The normalized spacial score (nSPS) is 19.5. The first-order chi connectivity index (χ1) is 24.7. The quantitative estimate of drug-likeness (QED) is 0.163. The van der Waals surface area contributed by atoms with Crippen molar-refractivity contribution in [3.8, 4) is 11.5 Å². The molecule has 2 aliphatic heterocycles. The maximum Gasteiger partial charge on any atom is 1.00 e. The number of allylic oxidation sites excluding steroid dienone is 8. The summed E-state index contributed by atoms with van der Waals surface area (Å²) in [5.41, 5.74) is 9.04. The van der Waals surface area contributed by atoms with Crippen molar-refractivity contribution < 1.29 is 91.4 Å². The van der Waals surface area contributed by atoms with Gasteiger partial charge in [0.2, 0.25) is 5.69 Å². The van der Waals surface area contributed by atoms with Gasteiger partial charge in [0.1, 0.15) is 18.0 Å². The minimum Gasteiger partial charge on any atom is -0.748 e. The van der Waals surface area contributed by atoms with E-state index in [1.54, 1.807) is 14.2 Å². The first-order valence-electron chi connectivity index (χ1n) is 17.9. The van der Waals surface area contributed by atoms with Gasteiger partial charge < -0.3 is 23.5 Å². The average molecular weight is 826 g/mol. The van der Waals surface area contributed by atoms with Gasteiger partial charge in [-0.05, 0) is 106 Å². The number of halogens is 1. The van der Waals surface area contributed by atoms with E-state index in [2.05, 4.69) is 61.5 Å². The Morgan fingerprint density at radius 1 is 0.833 bits per heavy atom.